The number of esters is 3. The van der Waals surface area contributed by atoms with E-state index in [0.717, 1.165) is 89.9 Å². The Bertz CT molecular complexity index is 1170. The van der Waals surface area contributed by atoms with Gasteiger partial charge in [0.1, 0.15) is 13.2 Å². The fourth-order valence-electron chi connectivity index (χ4n) is 7.66. The van der Waals surface area contributed by atoms with Gasteiger partial charge in [0.25, 0.3) is 0 Å². The van der Waals surface area contributed by atoms with Crippen molar-refractivity contribution in [1.29, 1.82) is 0 Å². The topological polar surface area (TPSA) is 78.9 Å². The van der Waals surface area contributed by atoms with Gasteiger partial charge in [-0.25, -0.2) is 0 Å². The van der Waals surface area contributed by atoms with Crippen molar-refractivity contribution in [2.45, 2.75) is 277 Å². The summed E-state index contributed by atoms with van der Waals surface area (Å²) in [6, 6.07) is 0. The second-order valence-corrected chi connectivity index (χ2v) is 18.1. The van der Waals surface area contributed by atoms with Crippen LogP contribution >= 0.6 is 0 Å². The number of ether oxygens (including phenoxy) is 3. The van der Waals surface area contributed by atoms with Crippen molar-refractivity contribution in [2.24, 2.45) is 0 Å². The largest absolute Gasteiger partial charge is 0.462 e. The summed E-state index contributed by atoms with van der Waals surface area (Å²) >= 11 is 0. The molecule has 0 rings (SSSR count). The van der Waals surface area contributed by atoms with Gasteiger partial charge in [-0.2, -0.15) is 0 Å². The maximum Gasteiger partial charge on any atom is 0.306 e. The van der Waals surface area contributed by atoms with Gasteiger partial charge < -0.3 is 14.2 Å². The van der Waals surface area contributed by atoms with Crippen molar-refractivity contribution in [3.8, 4) is 0 Å². The van der Waals surface area contributed by atoms with Crippen LogP contribution in [0.15, 0.2) is 60.8 Å². The summed E-state index contributed by atoms with van der Waals surface area (Å²) in [6.45, 7) is 6.46. The molecule has 0 saturated heterocycles. The third-order valence-electron chi connectivity index (χ3n) is 11.8. The minimum Gasteiger partial charge on any atom is -0.462 e. The van der Waals surface area contributed by atoms with E-state index in [0.29, 0.717) is 19.3 Å². The highest BCUT2D eigenvalue weighted by molar-refractivity contribution is 5.71. The van der Waals surface area contributed by atoms with E-state index in [2.05, 4.69) is 81.5 Å². The van der Waals surface area contributed by atoms with Gasteiger partial charge in [-0.3, -0.25) is 14.4 Å². The molecule has 1 unspecified atom stereocenters. The zero-order valence-corrected chi connectivity index (χ0v) is 42.3. The normalized spacial score (nSPS) is 12.5. The van der Waals surface area contributed by atoms with E-state index in [1.807, 2.05) is 0 Å². The average molecular weight is 895 g/mol. The first-order valence-electron chi connectivity index (χ1n) is 27.3. The van der Waals surface area contributed by atoms with Gasteiger partial charge >= 0.3 is 17.9 Å². The molecule has 0 radical (unpaired) electrons. The maximum atomic E-state index is 12.8. The number of unbranched alkanes of at least 4 members (excludes halogenated alkanes) is 28. The molecule has 1 atom stereocenters. The Hall–Kier alpha value is -2.89. The predicted molar refractivity (Wildman–Crippen MR) is 275 cm³/mol. The second kappa shape index (κ2) is 52.7. The average Bonchev–Trinajstić information content (AvgIpc) is 3.29. The molecule has 0 N–H and O–H groups in total. The van der Waals surface area contributed by atoms with Gasteiger partial charge in [0.15, 0.2) is 6.10 Å². The Morgan fingerprint density at radius 2 is 0.609 bits per heavy atom. The van der Waals surface area contributed by atoms with Gasteiger partial charge in [0.05, 0.1) is 0 Å². The lowest BCUT2D eigenvalue weighted by Gasteiger charge is -2.18. The fourth-order valence-corrected chi connectivity index (χ4v) is 7.66. The molecule has 0 heterocycles. The van der Waals surface area contributed by atoms with E-state index in [-0.39, 0.29) is 31.1 Å². The highest BCUT2D eigenvalue weighted by Crippen LogP contribution is 2.15. The summed E-state index contributed by atoms with van der Waals surface area (Å²) in [7, 11) is 0. The van der Waals surface area contributed by atoms with Crippen molar-refractivity contribution < 1.29 is 28.6 Å². The molecule has 0 aromatic rings. The summed E-state index contributed by atoms with van der Waals surface area (Å²) in [5.41, 5.74) is 0. The lowest BCUT2D eigenvalue weighted by Crippen LogP contribution is -2.30. The molecule has 6 heteroatoms. The zero-order valence-electron chi connectivity index (χ0n) is 42.3. The first-order chi connectivity index (χ1) is 31.5. The molecule has 0 amide bonds. The summed E-state index contributed by atoms with van der Waals surface area (Å²) in [6.07, 6.45) is 65.2. The third kappa shape index (κ3) is 50.1. The molecule has 370 valence electrons. The lowest BCUT2D eigenvalue weighted by atomic mass is 10.0. The smallest absolute Gasteiger partial charge is 0.306 e. The van der Waals surface area contributed by atoms with E-state index in [1.165, 1.54) is 141 Å². The van der Waals surface area contributed by atoms with Crippen LogP contribution in [0.3, 0.4) is 0 Å². The Labute approximate surface area is 396 Å². The Morgan fingerprint density at radius 1 is 0.328 bits per heavy atom. The lowest BCUT2D eigenvalue weighted by molar-refractivity contribution is -0.167. The maximum absolute atomic E-state index is 12.8. The van der Waals surface area contributed by atoms with Crippen molar-refractivity contribution in [3.05, 3.63) is 60.8 Å². The van der Waals surface area contributed by atoms with Gasteiger partial charge in [-0.05, 0) is 83.5 Å². The molecule has 0 aromatic carbocycles. The summed E-state index contributed by atoms with van der Waals surface area (Å²) in [5, 5.41) is 0. The molecule has 0 aliphatic carbocycles. The highest BCUT2D eigenvalue weighted by Gasteiger charge is 2.19. The molecule has 64 heavy (non-hydrogen) atoms. The third-order valence-corrected chi connectivity index (χ3v) is 11.8. The first-order valence-corrected chi connectivity index (χ1v) is 27.3. The first kappa shape index (κ1) is 61.1. The number of hydrogen-bond donors (Lipinski definition) is 0. The molecule has 6 nitrogen and oxygen atoms in total. The molecule has 0 aromatic heterocycles. The minimum atomic E-state index is -0.776. The number of carbonyl (C=O) groups excluding carboxylic acids is 3. The van der Waals surface area contributed by atoms with Crippen LogP contribution in [0.2, 0.25) is 0 Å². The summed E-state index contributed by atoms with van der Waals surface area (Å²) in [4.78, 5) is 37.8. The summed E-state index contributed by atoms with van der Waals surface area (Å²) < 4.78 is 16.7. The molecule has 0 fully saturated rings. The molecule has 0 bridgehead atoms. The van der Waals surface area contributed by atoms with E-state index in [9.17, 15) is 14.4 Å². The van der Waals surface area contributed by atoms with Crippen LogP contribution in [0.4, 0.5) is 0 Å². The number of carbonyl (C=O) groups is 3. The van der Waals surface area contributed by atoms with Crippen molar-refractivity contribution >= 4 is 17.9 Å². The Morgan fingerprint density at radius 3 is 0.953 bits per heavy atom. The van der Waals surface area contributed by atoms with E-state index in [4.69, 9.17) is 14.2 Å². The Kier molecular flexibility index (Phi) is 50.4. The van der Waals surface area contributed by atoms with Gasteiger partial charge in [-0.15, -0.1) is 0 Å². The van der Waals surface area contributed by atoms with Crippen LogP contribution in [0.5, 0.6) is 0 Å². The quantitative estimate of drug-likeness (QED) is 0.0262. The van der Waals surface area contributed by atoms with Gasteiger partial charge in [-0.1, -0.05) is 229 Å². The van der Waals surface area contributed by atoms with E-state index < -0.39 is 6.10 Å². The van der Waals surface area contributed by atoms with Crippen LogP contribution in [0, 0.1) is 0 Å². The van der Waals surface area contributed by atoms with Crippen LogP contribution < -0.4 is 0 Å². The summed E-state index contributed by atoms with van der Waals surface area (Å²) in [5.74, 6) is -0.894. The number of rotatable bonds is 49. The molecule has 0 saturated carbocycles. The number of hydrogen-bond acceptors (Lipinski definition) is 6. The predicted octanol–water partition coefficient (Wildman–Crippen LogP) is 18.0. The molecular weight excluding hydrogens is 793 g/mol. The van der Waals surface area contributed by atoms with Crippen LogP contribution in [-0.2, 0) is 28.6 Å². The van der Waals surface area contributed by atoms with Crippen molar-refractivity contribution in [2.75, 3.05) is 13.2 Å². The van der Waals surface area contributed by atoms with Crippen LogP contribution in [0.1, 0.15) is 271 Å². The minimum absolute atomic E-state index is 0.0783. The van der Waals surface area contributed by atoms with E-state index in [1.54, 1.807) is 0 Å². The second-order valence-electron chi connectivity index (χ2n) is 18.1. The standard InChI is InChI=1S/C58H102O6/c1-4-7-10-13-16-18-20-22-24-26-27-28-29-30-31-33-34-36-38-40-42-45-48-51-57(60)63-54-55(53-62-56(59)50-47-44-15-12-9-6-3)64-58(61)52-49-46-43-41-39-37-35-32-25-23-21-19-17-14-11-8-5-2/h8,11,17,19-20,22-23,25-27,55H,4-7,9-10,12-16,18,21,24,28-54H2,1-3H3/b11-8-,19-17-,22-20-,25-23-,27-26-. The van der Waals surface area contributed by atoms with Crippen molar-refractivity contribution in [3.63, 3.8) is 0 Å². The molecular formula is C58H102O6. The monoisotopic (exact) mass is 895 g/mol. The zero-order chi connectivity index (χ0) is 46.5. The van der Waals surface area contributed by atoms with Crippen molar-refractivity contribution in [1.82, 2.24) is 0 Å². The molecule has 0 spiro atoms. The Balaban J connectivity index is 4.16. The van der Waals surface area contributed by atoms with Gasteiger partial charge in [0, 0.05) is 19.3 Å². The van der Waals surface area contributed by atoms with Crippen LogP contribution in [-0.4, -0.2) is 37.2 Å². The fraction of sp³-hybridized carbons (Fsp3) is 0.776. The van der Waals surface area contributed by atoms with E-state index >= 15 is 0 Å². The van der Waals surface area contributed by atoms with Crippen LogP contribution in [0.25, 0.3) is 0 Å². The molecule has 0 aliphatic heterocycles. The molecule has 0 aliphatic rings. The van der Waals surface area contributed by atoms with Gasteiger partial charge in [0.2, 0.25) is 0 Å². The highest BCUT2D eigenvalue weighted by atomic mass is 16.6. The SMILES string of the molecule is CC/C=C\C/C=C\C/C=C\CCCCCCCCCC(=O)OC(COC(=O)CCCCCCCC)COC(=O)CCCCCCCCCCCCC/C=C\C/C=C\CCCCCCC. The number of allylic oxidation sites excluding steroid dienone is 10.